The van der Waals surface area contributed by atoms with E-state index in [0.717, 1.165) is 5.56 Å². The predicted molar refractivity (Wildman–Crippen MR) is 65.0 cm³/mol. The van der Waals surface area contributed by atoms with E-state index in [1.165, 1.54) is 12.1 Å². The minimum Gasteiger partial charge on any atom is -0.336 e. The van der Waals surface area contributed by atoms with E-state index >= 15 is 0 Å². The summed E-state index contributed by atoms with van der Waals surface area (Å²) in [6, 6.07) is 5.57. The number of hydrogen-bond acceptors (Lipinski definition) is 4. The van der Waals surface area contributed by atoms with E-state index in [1.54, 1.807) is 19.9 Å². The maximum absolute atomic E-state index is 11.9. The van der Waals surface area contributed by atoms with Gasteiger partial charge in [-0.15, -0.1) is 0 Å². The molecule has 1 rings (SSSR count). The van der Waals surface area contributed by atoms with Gasteiger partial charge in [-0.25, -0.2) is 0 Å². The number of carbonyl (C=O) groups is 1. The quantitative estimate of drug-likeness (QED) is 0.649. The zero-order chi connectivity index (χ0) is 13.7. The molecule has 1 atom stereocenters. The number of carbonyl (C=O) groups excluding carboxylic acids is 1. The second-order valence-electron chi connectivity index (χ2n) is 3.84. The summed E-state index contributed by atoms with van der Waals surface area (Å²) in [6.07, 6.45) is 0.446. The van der Waals surface area contributed by atoms with Crippen molar-refractivity contribution >= 4 is 11.6 Å². The SMILES string of the molecule is CCC(C#N)NC(=O)c1cc(C)ccc1[N+](=O)[O-]. The molecule has 1 unspecified atom stereocenters. The molecule has 6 heteroatoms. The van der Waals surface area contributed by atoms with Crippen LogP contribution in [0.3, 0.4) is 0 Å². The van der Waals surface area contributed by atoms with Crippen molar-refractivity contribution in [3.8, 4) is 6.07 Å². The lowest BCUT2D eigenvalue weighted by Gasteiger charge is -2.09. The first kappa shape index (κ1) is 13.6. The van der Waals surface area contributed by atoms with Gasteiger partial charge in [0, 0.05) is 6.07 Å². The van der Waals surface area contributed by atoms with Crippen LogP contribution in [-0.2, 0) is 0 Å². The Kier molecular flexibility index (Phi) is 4.38. The fraction of sp³-hybridized carbons (Fsp3) is 0.333. The predicted octanol–water partition coefficient (Wildman–Crippen LogP) is 1.94. The van der Waals surface area contributed by atoms with Gasteiger partial charge >= 0.3 is 0 Å². The smallest absolute Gasteiger partial charge is 0.282 e. The van der Waals surface area contributed by atoms with Crippen molar-refractivity contribution in [2.24, 2.45) is 0 Å². The van der Waals surface area contributed by atoms with Crippen molar-refractivity contribution in [1.82, 2.24) is 5.32 Å². The molecule has 0 saturated heterocycles. The number of rotatable bonds is 4. The van der Waals surface area contributed by atoms with Crippen molar-refractivity contribution < 1.29 is 9.72 Å². The molecule has 0 aliphatic heterocycles. The Morgan fingerprint density at radius 3 is 2.78 bits per heavy atom. The molecule has 6 nitrogen and oxygen atoms in total. The monoisotopic (exact) mass is 247 g/mol. The summed E-state index contributed by atoms with van der Waals surface area (Å²) in [5.74, 6) is -0.598. The number of nitrogens with zero attached hydrogens (tertiary/aromatic N) is 2. The van der Waals surface area contributed by atoms with Gasteiger partial charge in [-0.1, -0.05) is 13.0 Å². The second kappa shape index (κ2) is 5.77. The molecule has 1 N–H and O–H groups in total. The molecule has 0 saturated carbocycles. The molecule has 1 aromatic carbocycles. The van der Waals surface area contributed by atoms with Crippen LogP contribution in [0.25, 0.3) is 0 Å². The highest BCUT2D eigenvalue weighted by Gasteiger charge is 2.21. The lowest BCUT2D eigenvalue weighted by atomic mass is 10.1. The number of nitro benzene ring substituents is 1. The summed E-state index contributed by atoms with van der Waals surface area (Å²) in [5.41, 5.74) is 0.468. The summed E-state index contributed by atoms with van der Waals surface area (Å²) in [6.45, 7) is 3.49. The lowest BCUT2D eigenvalue weighted by molar-refractivity contribution is -0.385. The standard InChI is InChI=1S/C12H13N3O3/c1-3-9(7-13)14-12(16)10-6-8(2)4-5-11(10)15(17)18/h4-6,9H,3H2,1-2H3,(H,14,16). The Bertz CT molecular complexity index is 520. The van der Waals surface area contributed by atoms with E-state index in [0.29, 0.717) is 6.42 Å². The van der Waals surface area contributed by atoms with Gasteiger partial charge in [-0.3, -0.25) is 14.9 Å². The zero-order valence-corrected chi connectivity index (χ0v) is 10.1. The molecule has 1 aromatic rings. The number of amides is 1. The average molecular weight is 247 g/mol. The normalized spacial score (nSPS) is 11.4. The summed E-state index contributed by atoms with van der Waals surface area (Å²) in [4.78, 5) is 22.1. The van der Waals surface area contributed by atoms with Gasteiger partial charge in [0.25, 0.3) is 11.6 Å². The third kappa shape index (κ3) is 3.04. The fourth-order valence-corrected chi connectivity index (χ4v) is 1.45. The zero-order valence-electron chi connectivity index (χ0n) is 10.1. The number of nitriles is 1. The average Bonchev–Trinajstić information content (AvgIpc) is 2.35. The van der Waals surface area contributed by atoms with E-state index in [9.17, 15) is 14.9 Å². The van der Waals surface area contributed by atoms with Crippen LogP contribution in [-0.4, -0.2) is 16.9 Å². The summed E-state index contributed by atoms with van der Waals surface area (Å²) in [7, 11) is 0. The van der Waals surface area contributed by atoms with Gasteiger partial charge in [0.15, 0.2) is 0 Å². The van der Waals surface area contributed by atoms with Crippen LogP contribution < -0.4 is 5.32 Å². The largest absolute Gasteiger partial charge is 0.336 e. The van der Waals surface area contributed by atoms with Crippen LogP contribution in [0.1, 0.15) is 29.3 Å². The molecule has 94 valence electrons. The Morgan fingerprint density at radius 1 is 1.61 bits per heavy atom. The minimum atomic E-state index is -0.641. The first-order chi connectivity index (χ1) is 8.49. The van der Waals surface area contributed by atoms with E-state index in [2.05, 4.69) is 5.32 Å². The highest BCUT2D eigenvalue weighted by Crippen LogP contribution is 2.19. The molecular weight excluding hydrogens is 234 g/mol. The Morgan fingerprint density at radius 2 is 2.28 bits per heavy atom. The maximum atomic E-state index is 11.9. The molecule has 0 spiro atoms. The van der Waals surface area contributed by atoms with Crippen LogP contribution in [0, 0.1) is 28.4 Å². The van der Waals surface area contributed by atoms with Gasteiger partial charge in [0.2, 0.25) is 0 Å². The number of benzene rings is 1. The van der Waals surface area contributed by atoms with Crippen LogP contribution in [0.2, 0.25) is 0 Å². The van der Waals surface area contributed by atoms with Gasteiger partial charge in [-0.05, 0) is 25.0 Å². The summed E-state index contributed by atoms with van der Waals surface area (Å²) >= 11 is 0. The van der Waals surface area contributed by atoms with Gasteiger partial charge < -0.3 is 5.32 Å². The van der Waals surface area contributed by atoms with Gasteiger partial charge in [0.05, 0.1) is 11.0 Å². The van der Waals surface area contributed by atoms with Crippen molar-refractivity contribution in [3.63, 3.8) is 0 Å². The number of nitrogens with one attached hydrogen (secondary N) is 1. The molecule has 0 aliphatic carbocycles. The van der Waals surface area contributed by atoms with E-state index in [-0.39, 0.29) is 11.3 Å². The maximum Gasteiger partial charge on any atom is 0.282 e. The Labute approximate surface area is 104 Å². The molecular formula is C12H13N3O3. The van der Waals surface area contributed by atoms with E-state index < -0.39 is 16.9 Å². The molecule has 1 amide bonds. The Hall–Kier alpha value is -2.42. The van der Waals surface area contributed by atoms with Gasteiger partial charge in [-0.2, -0.15) is 5.26 Å². The summed E-state index contributed by atoms with van der Waals surface area (Å²) < 4.78 is 0. The molecule has 0 aromatic heterocycles. The van der Waals surface area contributed by atoms with E-state index in [1.807, 2.05) is 6.07 Å². The minimum absolute atomic E-state index is 0.0197. The van der Waals surface area contributed by atoms with Crippen LogP contribution in [0.5, 0.6) is 0 Å². The fourth-order valence-electron chi connectivity index (χ4n) is 1.45. The summed E-state index contributed by atoms with van der Waals surface area (Å²) in [5, 5.41) is 22.0. The van der Waals surface area contributed by atoms with Crippen molar-refractivity contribution in [3.05, 3.63) is 39.4 Å². The van der Waals surface area contributed by atoms with Crippen LogP contribution >= 0.6 is 0 Å². The highest BCUT2D eigenvalue weighted by molar-refractivity contribution is 5.98. The van der Waals surface area contributed by atoms with Crippen molar-refractivity contribution in [2.45, 2.75) is 26.3 Å². The Balaban J connectivity index is 3.08. The van der Waals surface area contributed by atoms with Crippen molar-refractivity contribution in [1.29, 1.82) is 5.26 Å². The third-order valence-electron chi connectivity index (χ3n) is 2.46. The van der Waals surface area contributed by atoms with E-state index in [4.69, 9.17) is 5.26 Å². The van der Waals surface area contributed by atoms with Crippen LogP contribution in [0.4, 0.5) is 5.69 Å². The topological polar surface area (TPSA) is 96.0 Å². The number of nitro groups is 1. The lowest BCUT2D eigenvalue weighted by Crippen LogP contribution is -2.33. The van der Waals surface area contributed by atoms with Gasteiger partial charge in [0.1, 0.15) is 11.6 Å². The number of hydrogen-bond donors (Lipinski definition) is 1. The van der Waals surface area contributed by atoms with Crippen LogP contribution in [0.15, 0.2) is 18.2 Å². The molecule has 18 heavy (non-hydrogen) atoms. The highest BCUT2D eigenvalue weighted by atomic mass is 16.6. The number of aryl methyl sites for hydroxylation is 1. The first-order valence-corrected chi connectivity index (χ1v) is 5.45. The second-order valence-corrected chi connectivity index (χ2v) is 3.84. The third-order valence-corrected chi connectivity index (χ3v) is 2.46. The molecule has 0 radical (unpaired) electrons. The first-order valence-electron chi connectivity index (χ1n) is 5.45. The molecule has 0 fully saturated rings. The van der Waals surface area contributed by atoms with Crippen molar-refractivity contribution in [2.75, 3.05) is 0 Å². The molecule has 0 bridgehead atoms. The molecule has 0 aliphatic rings. The molecule has 0 heterocycles.